The highest BCUT2D eigenvalue weighted by molar-refractivity contribution is 5.93. The van der Waals surface area contributed by atoms with Crippen molar-refractivity contribution in [2.45, 2.75) is 0 Å². The Kier molecular flexibility index (Phi) is 2.44. The summed E-state index contributed by atoms with van der Waals surface area (Å²) in [7, 11) is 0. The van der Waals surface area contributed by atoms with Crippen LogP contribution in [0.3, 0.4) is 0 Å². The lowest BCUT2D eigenvalue weighted by Crippen LogP contribution is -2.22. The van der Waals surface area contributed by atoms with E-state index in [2.05, 4.69) is 9.98 Å². The van der Waals surface area contributed by atoms with Crippen molar-refractivity contribution in [2.75, 3.05) is 0 Å². The molecule has 1 aromatic rings. The quantitative estimate of drug-likeness (QED) is 0.401. The number of pyridine rings is 1. The van der Waals surface area contributed by atoms with Crippen molar-refractivity contribution >= 4 is 17.7 Å². The van der Waals surface area contributed by atoms with Crippen LogP contribution >= 0.6 is 0 Å². The van der Waals surface area contributed by atoms with Crippen LogP contribution in [0.1, 0.15) is 10.4 Å². The first-order chi connectivity index (χ1) is 6.09. The smallest absolute Gasteiger partial charge is 0.248 e. The molecule has 6 N–H and O–H groups in total. The average molecular weight is 179 g/mol. The Labute approximate surface area is 74.5 Å². The lowest BCUT2D eigenvalue weighted by atomic mass is 10.2. The van der Waals surface area contributed by atoms with E-state index in [1.54, 1.807) is 0 Å². The molecule has 0 saturated carbocycles. The number of hydrogen-bond donors (Lipinski definition) is 3. The topological polar surface area (TPSA) is 120 Å². The number of guanidine groups is 1. The summed E-state index contributed by atoms with van der Waals surface area (Å²) in [6.07, 6.45) is 1.40. The predicted molar refractivity (Wildman–Crippen MR) is 48.2 cm³/mol. The Balaban J connectivity index is 3.06. The fourth-order valence-electron chi connectivity index (χ4n) is 0.765. The summed E-state index contributed by atoms with van der Waals surface area (Å²) in [5.74, 6) is -0.403. The number of aromatic nitrogens is 1. The van der Waals surface area contributed by atoms with Gasteiger partial charge in [0.25, 0.3) is 0 Å². The van der Waals surface area contributed by atoms with E-state index in [-0.39, 0.29) is 11.8 Å². The SMILES string of the molecule is NC(=O)c1ccnc(N=C(N)N)c1. The number of rotatable bonds is 2. The largest absolute Gasteiger partial charge is 0.370 e. The lowest BCUT2D eigenvalue weighted by Gasteiger charge is -1.96. The Morgan fingerprint density at radius 1 is 1.38 bits per heavy atom. The highest BCUT2D eigenvalue weighted by Gasteiger charge is 2.00. The first kappa shape index (κ1) is 8.98. The molecular weight excluding hydrogens is 170 g/mol. The van der Waals surface area contributed by atoms with Gasteiger partial charge in [-0.05, 0) is 12.1 Å². The van der Waals surface area contributed by atoms with Crippen molar-refractivity contribution in [3.05, 3.63) is 23.9 Å². The fraction of sp³-hybridized carbons (Fsp3) is 0. The van der Waals surface area contributed by atoms with Gasteiger partial charge < -0.3 is 17.2 Å². The minimum atomic E-state index is -0.547. The fourth-order valence-corrected chi connectivity index (χ4v) is 0.765. The molecule has 0 aliphatic heterocycles. The highest BCUT2D eigenvalue weighted by Crippen LogP contribution is 2.08. The third-order valence-electron chi connectivity index (χ3n) is 1.27. The molecule has 0 fully saturated rings. The normalized spacial score (nSPS) is 9.23. The number of nitrogens with zero attached hydrogens (tertiary/aromatic N) is 2. The van der Waals surface area contributed by atoms with Crippen LogP contribution in [0.25, 0.3) is 0 Å². The van der Waals surface area contributed by atoms with E-state index in [0.717, 1.165) is 0 Å². The van der Waals surface area contributed by atoms with E-state index in [0.29, 0.717) is 5.56 Å². The number of aliphatic imine (C=N–C) groups is 1. The molecule has 0 spiro atoms. The summed E-state index contributed by atoms with van der Waals surface area (Å²) < 4.78 is 0. The Morgan fingerprint density at radius 2 is 2.08 bits per heavy atom. The van der Waals surface area contributed by atoms with Crippen LogP contribution in [-0.2, 0) is 0 Å². The summed E-state index contributed by atoms with van der Waals surface area (Å²) in [6.45, 7) is 0. The first-order valence-electron chi connectivity index (χ1n) is 3.45. The molecule has 13 heavy (non-hydrogen) atoms. The van der Waals surface area contributed by atoms with E-state index < -0.39 is 5.91 Å². The van der Waals surface area contributed by atoms with Crippen molar-refractivity contribution < 1.29 is 4.79 Å². The van der Waals surface area contributed by atoms with E-state index in [4.69, 9.17) is 17.2 Å². The molecule has 1 amide bonds. The van der Waals surface area contributed by atoms with Gasteiger partial charge in [-0.15, -0.1) is 0 Å². The van der Waals surface area contributed by atoms with Crippen LogP contribution in [0.15, 0.2) is 23.3 Å². The minimum absolute atomic E-state index is 0.117. The van der Waals surface area contributed by atoms with Gasteiger partial charge in [0.15, 0.2) is 11.8 Å². The molecular formula is C7H9N5O. The van der Waals surface area contributed by atoms with Crippen LogP contribution in [0.4, 0.5) is 5.82 Å². The molecule has 1 rings (SSSR count). The van der Waals surface area contributed by atoms with Gasteiger partial charge in [0, 0.05) is 11.8 Å². The second kappa shape index (κ2) is 3.53. The van der Waals surface area contributed by atoms with Gasteiger partial charge in [0.2, 0.25) is 5.91 Å². The first-order valence-corrected chi connectivity index (χ1v) is 3.45. The van der Waals surface area contributed by atoms with E-state index >= 15 is 0 Å². The number of hydrogen-bond acceptors (Lipinski definition) is 3. The monoisotopic (exact) mass is 179 g/mol. The average Bonchev–Trinajstić information content (AvgIpc) is 2.03. The number of nitrogens with two attached hydrogens (primary N) is 3. The molecule has 6 nitrogen and oxygen atoms in total. The molecule has 6 heteroatoms. The standard InChI is InChI=1S/C7H9N5O/c8-6(13)4-1-2-11-5(3-4)12-7(9)10/h1-3H,(H2,8,13)(H4,9,10,11,12). The van der Waals surface area contributed by atoms with Crippen molar-refractivity contribution in [2.24, 2.45) is 22.2 Å². The number of carbonyl (C=O) groups is 1. The molecule has 0 bridgehead atoms. The summed E-state index contributed by atoms with van der Waals surface area (Å²) >= 11 is 0. The maximum atomic E-state index is 10.7. The van der Waals surface area contributed by atoms with Crippen LogP contribution in [-0.4, -0.2) is 16.9 Å². The zero-order valence-electron chi connectivity index (χ0n) is 6.77. The summed E-state index contributed by atoms with van der Waals surface area (Å²) in [4.78, 5) is 18.2. The van der Waals surface area contributed by atoms with Crippen LogP contribution in [0.2, 0.25) is 0 Å². The van der Waals surface area contributed by atoms with E-state index in [1.807, 2.05) is 0 Å². The molecule has 0 radical (unpaired) electrons. The maximum Gasteiger partial charge on any atom is 0.248 e. The third kappa shape index (κ3) is 2.44. The Bertz CT molecular complexity index is 356. The van der Waals surface area contributed by atoms with Crippen LogP contribution in [0.5, 0.6) is 0 Å². The summed E-state index contributed by atoms with van der Waals surface area (Å²) in [5, 5.41) is 0. The second-order valence-electron chi connectivity index (χ2n) is 2.30. The number of amides is 1. The molecule has 1 heterocycles. The maximum absolute atomic E-state index is 10.7. The molecule has 0 aliphatic rings. The summed E-state index contributed by atoms with van der Waals surface area (Å²) in [5.41, 5.74) is 15.6. The molecule has 0 aliphatic carbocycles. The minimum Gasteiger partial charge on any atom is -0.370 e. The molecule has 0 unspecified atom stereocenters. The van der Waals surface area contributed by atoms with Gasteiger partial charge in [-0.3, -0.25) is 4.79 Å². The van der Waals surface area contributed by atoms with Crippen molar-refractivity contribution in [1.82, 2.24) is 4.98 Å². The van der Waals surface area contributed by atoms with Gasteiger partial charge >= 0.3 is 0 Å². The van der Waals surface area contributed by atoms with Crippen LogP contribution < -0.4 is 17.2 Å². The van der Waals surface area contributed by atoms with Gasteiger partial charge in [0.1, 0.15) is 0 Å². The molecule has 68 valence electrons. The second-order valence-corrected chi connectivity index (χ2v) is 2.30. The third-order valence-corrected chi connectivity index (χ3v) is 1.27. The summed E-state index contributed by atoms with van der Waals surface area (Å²) in [6, 6.07) is 2.89. The van der Waals surface area contributed by atoms with Gasteiger partial charge in [-0.2, -0.15) is 4.99 Å². The molecule has 0 saturated heterocycles. The van der Waals surface area contributed by atoms with Crippen molar-refractivity contribution in [3.63, 3.8) is 0 Å². The zero-order valence-corrected chi connectivity index (χ0v) is 6.77. The van der Waals surface area contributed by atoms with Gasteiger partial charge in [-0.1, -0.05) is 0 Å². The van der Waals surface area contributed by atoms with Crippen LogP contribution in [0, 0.1) is 0 Å². The predicted octanol–water partition coefficient (Wildman–Crippen LogP) is -0.915. The van der Waals surface area contributed by atoms with Gasteiger partial charge in [-0.25, -0.2) is 4.98 Å². The number of carbonyl (C=O) groups excluding carboxylic acids is 1. The molecule has 0 atom stereocenters. The van der Waals surface area contributed by atoms with Crippen molar-refractivity contribution in [1.29, 1.82) is 0 Å². The van der Waals surface area contributed by atoms with E-state index in [1.165, 1.54) is 18.3 Å². The Hall–Kier alpha value is -2.11. The Morgan fingerprint density at radius 3 is 2.62 bits per heavy atom. The number of primary amides is 1. The lowest BCUT2D eigenvalue weighted by molar-refractivity contribution is 0.1000. The molecule has 0 aromatic carbocycles. The zero-order chi connectivity index (χ0) is 9.84. The highest BCUT2D eigenvalue weighted by atomic mass is 16.1. The van der Waals surface area contributed by atoms with Crippen molar-refractivity contribution in [3.8, 4) is 0 Å². The van der Waals surface area contributed by atoms with E-state index in [9.17, 15) is 4.79 Å². The van der Waals surface area contributed by atoms with Gasteiger partial charge in [0.05, 0.1) is 0 Å². The molecule has 1 aromatic heterocycles.